The summed E-state index contributed by atoms with van der Waals surface area (Å²) in [4.78, 5) is 11.4. The normalized spacial score (nSPS) is 13.1. The molecule has 3 N–H and O–H groups in total. The number of nitrogens with one attached hydrogen (secondary N) is 1. The van der Waals surface area contributed by atoms with E-state index in [0.29, 0.717) is 17.7 Å². The molecule has 0 heterocycles. The van der Waals surface area contributed by atoms with Crippen LogP contribution in [0.25, 0.3) is 0 Å². The van der Waals surface area contributed by atoms with Gasteiger partial charge >= 0.3 is 0 Å². The maximum absolute atomic E-state index is 11.7. The van der Waals surface area contributed by atoms with Crippen molar-refractivity contribution in [1.29, 1.82) is 0 Å². The summed E-state index contributed by atoms with van der Waals surface area (Å²) in [5.41, 5.74) is 0.883. The first-order valence-corrected chi connectivity index (χ1v) is 7.81. The van der Waals surface area contributed by atoms with Crippen molar-refractivity contribution in [3.8, 4) is 0 Å². The average molecular weight is 335 g/mol. The highest BCUT2D eigenvalue weighted by molar-refractivity contribution is 9.10. The van der Waals surface area contributed by atoms with Crippen molar-refractivity contribution in [3.63, 3.8) is 0 Å². The molecule has 1 aromatic rings. The molecule has 1 amide bonds. The number of hydrogen-bond donors (Lipinski definition) is 2. The topological polar surface area (TPSA) is 89.3 Å². The van der Waals surface area contributed by atoms with Gasteiger partial charge in [-0.2, -0.15) is 0 Å². The summed E-state index contributed by atoms with van der Waals surface area (Å²) in [6, 6.07) is 4.58. The van der Waals surface area contributed by atoms with Crippen molar-refractivity contribution in [3.05, 3.63) is 23.8 Å². The van der Waals surface area contributed by atoms with Gasteiger partial charge in [-0.3, -0.25) is 4.79 Å². The van der Waals surface area contributed by atoms with Crippen LogP contribution < -0.4 is 10.5 Å². The Morgan fingerprint density at radius 1 is 1.50 bits per heavy atom. The third kappa shape index (κ3) is 3.54. The number of alkyl halides is 1. The van der Waals surface area contributed by atoms with Gasteiger partial charge in [0.15, 0.2) is 0 Å². The second-order valence-corrected chi connectivity index (χ2v) is 6.47. The van der Waals surface area contributed by atoms with E-state index in [1.54, 1.807) is 13.0 Å². The van der Waals surface area contributed by atoms with Crippen molar-refractivity contribution < 1.29 is 13.2 Å². The number of carbonyl (C=O) groups is 1. The van der Waals surface area contributed by atoms with E-state index in [1.807, 2.05) is 6.92 Å². The molecule has 1 atom stereocenters. The summed E-state index contributed by atoms with van der Waals surface area (Å²) in [5, 5.41) is 7.76. The van der Waals surface area contributed by atoms with E-state index >= 15 is 0 Å². The van der Waals surface area contributed by atoms with Crippen molar-refractivity contribution in [1.82, 2.24) is 0 Å². The van der Waals surface area contributed by atoms with Crippen molar-refractivity contribution >= 4 is 37.5 Å². The lowest BCUT2D eigenvalue weighted by atomic mass is 10.2. The van der Waals surface area contributed by atoms with Gasteiger partial charge in [0.2, 0.25) is 15.9 Å². The minimum absolute atomic E-state index is 0.0166. The summed E-state index contributed by atoms with van der Waals surface area (Å²) in [7, 11) is -3.78. The van der Waals surface area contributed by atoms with Gasteiger partial charge in [0.25, 0.3) is 0 Å². The van der Waals surface area contributed by atoms with Crippen molar-refractivity contribution in [2.45, 2.75) is 30.0 Å². The molecule has 0 radical (unpaired) electrons. The van der Waals surface area contributed by atoms with Gasteiger partial charge in [0.05, 0.1) is 9.72 Å². The fraction of sp³-hybridized carbons (Fsp3) is 0.364. The Bertz CT molecular complexity index is 557. The third-order valence-corrected chi connectivity index (χ3v) is 4.61. The molecule has 1 unspecified atom stereocenters. The van der Waals surface area contributed by atoms with Gasteiger partial charge in [0, 0.05) is 5.69 Å². The van der Waals surface area contributed by atoms with Gasteiger partial charge in [-0.05, 0) is 31.0 Å². The first-order chi connectivity index (χ1) is 8.27. The van der Waals surface area contributed by atoms with E-state index < -0.39 is 10.0 Å². The van der Waals surface area contributed by atoms with Crippen LogP contribution in [-0.2, 0) is 14.8 Å². The Hall–Kier alpha value is -0.920. The SMILES string of the molecule is CCC(Br)C(=O)Nc1cccc(S(N)(=O)=O)c1C. The molecular weight excluding hydrogens is 320 g/mol. The Morgan fingerprint density at radius 3 is 2.61 bits per heavy atom. The summed E-state index contributed by atoms with van der Waals surface area (Å²) < 4.78 is 22.7. The lowest BCUT2D eigenvalue weighted by Crippen LogP contribution is -2.23. The molecule has 0 aromatic heterocycles. The molecule has 100 valence electrons. The van der Waals surface area contributed by atoms with E-state index in [4.69, 9.17) is 5.14 Å². The number of rotatable bonds is 4. The molecule has 0 aliphatic rings. The van der Waals surface area contributed by atoms with Gasteiger partial charge in [0.1, 0.15) is 0 Å². The second-order valence-electron chi connectivity index (χ2n) is 3.84. The number of sulfonamides is 1. The Kier molecular flexibility index (Phi) is 4.89. The van der Waals surface area contributed by atoms with Crippen LogP contribution in [-0.4, -0.2) is 19.2 Å². The molecular formula is C11H15BrN2O3S. The zero-order valence-electron chi connectivity index (χ0n) is 10.1. The number of nitrogens with two attached hydrogens (primary N) is 1. The van der Waals surface area contributed by atoms with Crippen LogP contribution in [0.4, 0.5) is 5.69 Å². The number of anilines is 1. The largest absolute Gasteiger partial charge is 0.325 e. The lowest BCUT2D eigenvalue weighted by Gasteiger charge is -2.13. The van der Waals surface area contributed by atoms with Crippen molar-refractivity contribution in [2.24, 2.45) is 5.14 Å². The van der Waals surface area contributed by atoms with E-state index in [9.17, 15) is 13.2 Å². The van der Waals surface area contributed by atoms with Crippen LogP contribution in [0.2, 0.25) is 0 Å². The fourth-order valence-corrected chi connectivity index (χ4v) is 2.37. The highest BCUT2D eigenvalue weighted by Crippen LogP contribution is 2.22. The molecule has 1 aromatic carbocycles. The molecule has 0 aliphatic heterocycles. The summed E-state index contributed by atoms with van der Waals surface area (Å²) >= 11 is 3.23. The standard InChI is InChI=1S/C11H15BrN2O3S/c1-3-8(12)11(15)14-9-5-4-6-10(7(9)2)18(13,16)17/h4-6,8H,3H2,1-2H3,(H,14,15)(H2,13,16,17). The molecule has 7 heteroatoms. The summed E-state index contributed by atoms with van der Waals surface area (Å²) in [6.45, 7) is 3.47. The number of halogens is 1. The molecule has 0 spiro atoms. The van der Waals surface area contributed by atoms with Crippen LogP contribution in [0.3, 0.4) is 0 Å². The number of hydrogen-bond acceptors (Lipinski definition) is 3. The van der Waals surface area contributed by atoms with Crippen molar-refractivity contribution in [2.75, 3.05) is 5.32 Å². The smallest absolute Gasteiger partial charge is 0.238 e. The summed E-state index contributed by atoms with van der Waals surface area (Å²) in [5.74, 6) is -0.216. The molecule has 18 heavy (non-hydrogen) atoms. The lowest BCUT2D eigenvalue weighted by molar-refractivity contribution is -0.115. The summed E-state index contributed by atoms with van der Waals surface area (Å²) in [6.07, 6.45) is 0.639. The molecule has 1 rings (SSSR count). The highest BCUT2D eigenvalue weighted by atomic mass is 79.9. The Balaban J connectivity index is 3.10. The van der Waals surface area contributed by atoms with Gasteiger partial charge in [-0.25, -0.2) is 13.6 Å². The number of primary sulfonamides is 1. The number of carbonyl (C=O) groups excluding carboxylic acids is 1. The van der Waals surface area contributed by atoms with Gasteiger partial charge in [-0.15, -0.1) is 0 Å². The van der Waals surface area contributed by atoms with Gasteiger partial charge < -0.3 is 5.32 Å². The Labute approximate surface area is 115 Å². The monoisotopic (exact) mass is 334 g/mol. The average Bonchev–Trinajstić information content (AvgIpc) is 2.29. The van der Waals surface area contributed by atoms with Crippen LogP contribution in [0.1, 0.15) is 18.9 Å². The molecule has 0 aliphatic carbocycles. The maximum atomic E-state index is 11.7. The van der Waals surface area contributed by atoms with Crippen LogP contribution in [0.5, 0.6) is 0 Å². The number of benzene rings is 1. The molecule has 0 saturated heterocycles. The zero-order chi connectivity index (χ0) is 13.9. The highest BCUT2D eigenvalue weighted by Gasteiger charge is 2.17. The first kappa shape index (κ1) is 15.1. The second kappa shape index (κ2) is 5.81. The van der Waals surface area contributed by atoms with E-state index in [-0.39, 0.29) is 15.6 Å². The molecule has 0 fully saturated rings. The predicted molar refractivity (Wildman–Crippen MR) is 74.2 cm³/mol. The quantitative estimate of drug-likeness (QED) is 0.822. The van der Waals surface area contributed by atoms with Crippen LogP contribution in [0.15, 0.2) is 23.1 Å². The number of amides is 1. The molecule has 5 nitrogen and oxygen atoms in total. The van der Waals surface area contributed by atoms with Gasteiger partial charge in [-0.1, -0.05) is 28.9 Å². The fourth-order valence-electron chi connectivity index (χ4n) is 1.45. The third-order valence-electron chi connectivity index (χ3n) is 2.49. The van der Waals surface area contributed by atoms with E-state index in [0.717, 1.165) is 0 Å². The molecule has 0 bridgehead atoms. The van der Waals surface area contributed by atoms with E-state index in [2.05, 4.69) is 21.2 Å². The molecule has 0 saturated carbocycles. The minimum Gasteiger partial charge on any atom is -0.325 e. The maximum Gasteiger partial charge on any atom is 0.238 e. The van der Waals surface area contributed by atoms with Crippen LogP contribution in [0, 0.1) is 6.92 Å². The van der Waals surface area contributed by atoms with E-state index in [1.165, 1.54) is 12.1 Å². The van der Waals surface area contributed by atoms with Crippen LogP contribution >= 0.6 is 15.9 Å². The first-order valence-electron chi connectivity index (χ1n) is 5.34. The zero-order valence-corrected chi connectivity index (χ0v) is 12.5. The minimum atomic E-state index is -3.78. The Morgan fingerprint density at radius 2 is 2.11 bits per heavy atom. The predicted octanol–water partition coefficient (Wildman–Crippen LogP) is 1.75.